The maximum atomic E-state index is 5.68. The number of nitrogen functional groups attached to an aromatic ring is 1. The Kier molecular flexibility index (Phi) is 4.22. The molecule has 0 bridgehead atoms. The largest absolute Gasteiger partial charge is 0.494 e. The summed E-state index contributed by atoms with van der Waals surface area (Å²) in [6.07, 6.45) is 1.77. The molecule has 0 spiro atoms. The predicted molar refractivity (Wildman–Crippen MR) is 71.1 cm³/mol. The van der Waals surface area contributed by atoms with E-state index in [1.807, 2.05) is 0 Å². The van der Waals surface area contributed by atoms with Crippen LogP contribution in [0.4, 0.5) is 11.5 Å². The van der Waals surface area contributed by atoms with Gasteiger partial charge in [0.15, 0.2) is 0 Å². The number of pyridine rings is 1. The van der Waals surface area contributed by atoms with E-state index in [1.165, 1.54) is 0 Å². The van der Waals surface area contributed by atoms with Gasteiger partial charge in [-0.3, -0.25) is 0 Å². The number of methoxy groups -OCH3 is 2. The lowest BCUT2D eigenvalue weighted by Gasteiger charge is -2.37. The summed E-state index contributed by atoms with van der Waals surface area (Å²) in [5.74, 6) is 1.22. The first kappa shape index (κ1) is 12.9. The highest BCUT2D eigenvalue weighted by atomic mass is 16.5. The fourth-order valence-corrected chi connectivity index (χ4v) is 2.24. The molecule has 1 unspecified atom stereocenters. The molecule has 100 valence electrons. The summed E-state index contributed by atoms with van der Waals surface area (Å²) < 4.78 is 10.6. The normalized spacial score (nSPS) is 19.9. The zero-order valence-corrected chi connectivity index (χ0v) is 10.8. The molecule has 0 aliphatic carbocycles. The van der Waals surface area contributed by atoms with Gasteiger partial charge in [0.2, 0.25) is 0 Å². The van der Waals surface area contributed by atoms with Gasteiger partial charge in [0.25, 0.3) is 0 Å². The van der Waals surface area contributed by atoms with Crippen LogP contribution >= 0.6 is 0 Å². The van der Waals surface area contributed by atoms with Crippen molar-refractivity contribution >= 4 is 11.5 Å². The molecule has 1 aliphatic rings. The first-order chi connectivity index (χ1) is 8.76. The van der Waals surface area contributed by atoms with Crippen LogP contribution in [0.3, 0.4) is 0 Å². The zero-order chi connectivity index (χ0) is 13.0. The van der Waals surface area contributed by atoms with Crippen molar-refractivity contribution in [1.82, 2.24) is 10.3 Å². The lowest BCUT2D eigenvalue weighted by atomic mass is 10.1. The molecule has 1 fully saturated rings. The van der Waals surface area contributed by atoms with Crippen molar-refractivity contribution in [2.75, 3.05) is 51.1 Å². The van der Waals surface area contributed by atoms with Crippen molar-refractivity contribution < 1.29 is 9.47 Å². The Morgan fingerprint density at radius 3 is 3.11 bits per heavy atom. The van der Waals surface area contributed by atoms with Crippen LogP contribution in [0, 0.1) is 0 Å². The number of hydrogen-bond donors (Lipinski definition) is 2. The molecule has 6 nitrogen and oxygen atoms in total. The van der Waals surface area contributed by atoms with Gasteiger partial charge in [-0.2, -0.15) is 0 Å². The third kappa shape index (κ3) is 2.65. The van der Waals surface area contributed by atoms with Crippen LogP contribution in [-0.4, -0.2) is 51.5 Å². The Balaban J connectivity index is 2.27. The number of rotatable bonds is 4. The molecule has 3 N–H and O–H groups in total. The average Bonchev–Trinajstić information content (AvgIpc) is 2.40. The van der Waals surface area contributed by atoms with E-state index in [1.54, 1.807) is 26.5 Å². The summed E-state index contributed by atoms with van der Waals surface area (Å²) in [7, 11) is 3.36. The molecular weight excluding hydrogens is 232 g/mol. The second-order valence-corrected chi connectivity index (χ2v) is 4.29. The van der Waals surface area contributed by atoms with Crippen LogP contribution in [0.5, 0.6) is 5.75 Å². The van der Waals surface area contributed by atoms with Crippen molar-refractivity contribution in [3.05, 3.63) is 12.3 Å². The molecule has 1 aromatic rings. The van der Waals surface area contributed by atoms with Crippen molar-refractivity contribution in [2.24, 2.45) is 0 Å². The first-order valence-corrected chi connectivity index (χ1v) is 6.02. The monoisotopic (exact) mass is 252 g/mol. The number of anilines is 2. The van der Waals surface area contributed by atoms with Crippen molar-refractivity contribution in [1.29, 1.82) is 0 Å². The number of nitrogens with zero attached hydrogens (tertiary/aromatic N) is 2. The second kappa shape index (κ2) is 5.88. The first-order valence-electron chi connectivity index (χ1n) is 6.02. The highest BCUT2D eigenvalue weighted by Gasteiger charge is 2.25. The third-order valence-electron chi connectivity index (χ3n) is 3.11. The van der Waals surface area contributed by atoms with Crippen LogP contribution in [0.1, 0.15) is 0 Å². The number of piperazine rings is 1. The van der Waals surface area contributed by atoms with E-state index in [2.05, 4.69) is 15.2 Å². The SMILES string of the molecule is COCC1CNCCN1c1cnc(N)cc1OC. The van der Waals surface area contributed by atoms with Crippen LogP contribution in [0.15, 0.2) is 12.3 Å². The van der Waals surface area contributed by atoms with E-state index in [0.717, 1.165) is 31.1 Å². The molecule has 0 aromatic carbocycles. The van der Waals surface area contributed by atoms with Gasteiger partial charge in [-0.25, -0.2) is 4.98 Å². The summed E-state index contributed by atoms with van der Waals surface area (Å²) >= 11 is 0. The molecule has 6 heteroatoms. The highest BCUT2D eigenvalue weighted by Crippen LogP contribution is 2.30. The standard InChI is InChI=1S/C12H20N4O2/c1-17-8-9-6-14-3-4-16(9)10-7-15-12(13)5-11(10)18-2/h5,7,9,14H,3-4,6,8H2,1-2H3,(H2,13,15). The molecule has 0 radical (unpaired) electrons. The van der Waals surface area contributed by atoms with E-state index < -0.39 is 0 Å². The summed E-state index contributed by atoms with van der Waals surface area (Å²) in [5, 5.41) is 3.36. The summed E-state index contributed by atoms with van der Waals surface area (Å²) in [6, 6.07) is 2.03. The van der Waals surface area contributed by atoms with Crippen LogP contribution in [-0.2, 0) is 4.74 Å². The van der Waals surface area contributed by atoms with Crippen molar-refractivity contribution in [3.8, 4) is 5.75 Å². The molecule has 1 saturated heterocycles. The maximum Gasteiger partial charge on any atom is 0.147 e. The molecular formula is C12H20N4O2. The van der Waals surface area contributed by atoms with Crippen molar-refractivity contribution in [2.45, 2.75) is 6.04 Å². The fourth-order valence-electron chi connectivity index (χ4n) is 2.24. The van der Waals surface area contributed by atoms with Gasteiger partial charge in [-0.15, -0.1) is 0 Å². The van der Waals surface area contributed by atoms with E-state index in [0.29, 0.717) is 12.4 Å². The van der Waals surface area contributed by atoms with Crippen LogP contribution in [0.25, 0.3) is 0 Å². The van der Waals surface area contributed by atoms with E-state index in [4.69, 9.17) is 15.2 Å². The topological polar surface area (TPSA) is 72.6 Å². The maximum absolute atomic E-state index is 5.68. The van der Waals surface area contributed by atoms with Gasteiger partial charge in [0, 0.05) is 32.8 Å². The highest BCUT2D eigenvalue weighted by molar-refractivity contribution is 5.61. The van der Waals surface area contributed by atoms with Gasteiger partial charge in [-0.05, 0) is 0 Å². The predicted octanol–water partition coefficient (Wildman–Crippen LogP) is 0.0970. The van der Waals surface area contributed by atoms with Crippen LogP contribution < -0.4 is 20.7 Å². The minimum atomic E-state index is 0.281. The number of ether oxygens (including phenoxy) is 2. The van der Waals surface area contributed by atoms with Gasteiger partial charge in [-0.1, -0.05) is 0 Å². The molecule has 1 aliphatic heterocycles. The minimum Gasteiger partial charge on any atom is -0.494 e. The average molecular weight is 252 g/mol. The molecule has 1 aromatic heterocycles. The Labute approximate surface area is 107 Å². The number of nitrogens with two attached hydrogens (primary N) is 1. The molecule has 2 rings (SSSR count). The molecule has 1 atom stereocenters. The molecule has 18 heavy (non-hydrogen) atoms. The summed E-state index contributed by atoms with van der Waals surface area (Å²) in [6.45, 7) is 3.39. The minimum absolute atomic E-state index is 0.281. The number of hydrogen-bond acceptors (Lipinski definition) is 6. The molecule has 0 amide bonds. The van der Waals surface area contributed by atoms with Gasteiger partial charge in [0.1, 0.15) is 11.6 Å². The van der Waals surface area contributed by atoms with Crippen LogP contribution in [0.2, 0.25) is 0 Å². The Morgan fingerprint density at radius 1 is 1.56 bits per heavy atom. The fraction of sp³-hybridized carbons (Fsp3) is 0.583. The summed E-state index contributed by atoms with van der Waals surface area (Å²) in [4.78, 5) is 6.41. The lowest BCUT2D eigenvalue weighted by molar-refractivity contribution is 0.170. The Bertz CT molecular complexity index is 398. The number of nitrogens with one attached hydrogen (secondary N) is 1. The third-order valence-corrected chi connectivity index (χ3v) is 3.11. The van der Waals surface area contributed by atoms with E-state index in [-0.39, 0.29) is 6.04 Å². The Morgan fingerprint density at radius 2 is 2.39 bits per heavy atom. The summed E-state index contributed by atoms with van der Waals surface area (Å²) in [5.41, 5.74) is 6.65. The number of aromatic nitrogens is 1. The zero-order valence-electron chi connectivity index (χ0n) is 10.8. The lowest BCUT2D eigenvalue weighted by Crippen LogP contribution is -2.53. The van der Waals surface area contributed by atoms with Gasteiger partial charge in [0.05, 0.1) is 31.6 Å². The smallest absolute Gasteiger partial charge is 0.147 e. The van der Waals surface area contributed by atoms with Gasteiger partial charge >= 0.3 is 0 Å². The molecule has 2 heterocycles. The van der Waals surface area contributed by atoms with Crippen molar-refractivity contribution in [3.63, 3.8) is 0 Å². The second-order valence-electron chi connectivity index (χ2n) is 4.29. The van der Waals surface area contributed by atoms with E-state index >= 15 is 0 Å². The van der Waals surface area contributed by atoms with Gasteiger partial charge < -0.3 is 25.4 Å². The molecule has 0 saturated carbocycles. The van der Waals surface area contributed by atoms with E-state index in [9.17, 15) is 0 Å². The Hall–Kier alpha value is -1.53. The quantitative estimate of drug-likeness (QED) is 0.791.